The second-order valence-corrected chi connectivity index (χ2v) is 11.1. The van der Waals surface area contributed by atoms with Crippen LogP contribution in [0.2, 0.25) is 0 Å². The number of rotatable bonds is 5. The summed E-state index contributed by atoms with van der Waals surface area (Å²) in [6.45, 7) is 4.83. The average Bonchev–Trinajstić information content (AvgIpc) is 3.47. The molecule has 0 spiro atoms. The smallest absolute Gasteiger partial charge is 0.285 e. The van der Waals surface area contributed by atoms with Gasteiger partial charge in [-0.1, -0.05) is 18.2 Å². The van der Waals surface area contributed by atoms with Gasteiger partial charge in [0.15, 0.2) is 5.84 Å². The van der Waals surface area contributed by atoms with Crippen LogP contribution in [-0.4, -0.2) is 75.9 Å². The van der Waals surface area contributed by atoms with Crippen LogP contribution in [0.1, 0.15) is 29.3 Å². The topological polar surface area (TPSA) is 91.3 Å². The Morgan fingerprint density at radius 1 is 1.18 bits per heavy atom. The van der Waals surface area contributed by atoms with Crippen molar-refractivity contribution in [3.05, 3.63) is 52.2 Å². The van der Waals surface area contributed by atoms with Gasteiger partial charge in [0.25, 0.3) is 10.0 Å². The molecule has 2 aromatic rings. The molecule has 0 radical (unpaired) electrons. The molecule has 2 saturated heterocycles. The van der Waals surface area contributed by atoms with Gasteiger partial charge >= 0.3 is 0 Å². The third-order valence-corrected chi connectivity index (χ3v) is 8.83. The van der Waals surface area contributed by atoms with Crippen LogP contribution in [0.25, 0.3) is 0 Å². The fourth-order valence-electron chi connectivity index (χ4n) is 4.82. The molecule has 1 aromatic heterocycles. The maximum absolute atomic E-state index is 13.2. The molecule has 1 aromatic carbocycles. The van der Waals surface area contributed by atoms with Crippen molar-refractivity contribution >= 4 is 33.1 Å². The van der Waals surface area contributed by atoms with E-state index in [2.05, 4.69) is 26.1 Å². The number of amides is 1. The number of carbonyl (C=O) groups is 1. The minimum absolute atomic E-state index is 0.0178. The van der Waals surface area contributed by atoms with E-state index in [0.29, 0.717) is 44.2 Å². The van der Waals surface area contributed by atoms with Crippen molar-refractivity contribution < 1.29 is 17.9 Å². The lowest BCUT2D eigenvalue weighted by Gasteiger charge is -2.36. The van der Waals surface area contributed by atoms with Crippen LogP contribution in [-0.2, 0) is 19.6 Å². The van der Waals surface area contributed by atoms with Crippen molar-refractivity contribution in [2.24, 2.45) is 10.3 Å². The largest absolute Gasteiger partial charge is 0.379 e. The van der Waals surface area contributed by atoms with E-state index in [1.807, 2.05) is 17.0 Å². The van der Waals surface area contributed by atoms with E-state index < -0.39 is 10.0 Å². The number of piperidine rings is 1. The minimum atomic E-state index is -3.67. The predicted octanol–water partition coefficient (Wildman–Crippen LogP) is 2.10. The molecule has 3 aliphatic heterocycles. The van der Waals surface area contributed by atoms with Gasteiger partial charge in [0.1, 0.15) is 4.90 Å². The molecule has 5 rings (SSSR count). The van der Waals surface area contributed by atoms with Gasteiger partial charge in [-0.2, -0.15) is 8.42 Å². The molecule has 3 aliphatic rings. The molecule has 0 bridgehead atoms. The fraction of sp³-hybridized carbons (Fsp3) is 0.478. The molecule has 0 saturated carbocycles. The molecule has 33 heavy (non-hydrogen) atoms. The number of ether oxygens (including phenoxy) is 1. The van der Waals surface area contributed by atoms with Gasteiger partial charge in [0.05, 0.1) is 25.2 Å². The highest BCUT2D eigenvalue weighted by atomic mass is 32.2. The SMILES string of the molecule is O=C(NCC(c1cccs1)N1CCOCC1)C1CCCN(C2=NS(=O)(=O)c3ccccc32)C1. The Morgan fingerprint density at radius 3 is 2.79 bits per heavy atom. The van der Waals surface area contributed by atoms with Crippen LogP contribution >= 0.6 is 11.3 Å². The standard InChI is InChI=1S/C23H28N4O4S2/c28-23(24-15-19(20-7-4-14-32-20)26-10-12-31-13-11-26)17-5-3-9-27(16-17)22-18-6-1-2-8-21(18)33(29,30)25-22/h1-2,4,6-8,14,17,19H,3,5,9-13,15-16H2,(H,24,28). The van der Waals surface area contributed by atoms with E-state index >= 15 is 0 Å². The summed E-state index contributed by atoms with van der Waals surface area (Å²) < 4.78 is 34.5. The number of hydrogen-bond acceptors (Lipinski definition) is 7. The van der Waals surface area contributed by atoms with Crippen LogP contribution in [0.5, 0.6) is 0 Å². The van der Waals surface area contributed by atoms with Crippen molar-refractivity contribution in [2.45, 2.75) is 23.8 Å². The number of nitrogens with one attached hydrogen (secondary N) is 1. The molecular formula is C23H28N4O4S2. The van der Waals surface area contributed by atoms with Crippen LogP contribution in [0.4, 0.5) is 0 Å². The van der Waals surface area contributed by atoms with Crippen molar-refractivity contribution in [1.29, 1.82) is 0 Å². The molecule has 2 atom stereocenters. The molecule has 176 valence electrons. The first-order valence-corrected chi connectivity index (χ1v) is 13.7. The number of amidine groups is 1. The molecule has 2 unspecified atom stereocenters. The number of sulfonamides is 1. The summed E-state index contributed by atoms with van der Waals surface area (Å²) in [5.41, 5.74) is 0.628. The molecule has 1 N–H and O–H groups in total. The number of likely N-dealkylation sites (tertiary alicyclic amines) is 1. The maximum Gasteiger partial charge on any atom is 0.285 e. The summed E-state index contributed by atoms with van der Waals surface area (Å²) in [6, 6.07) is 11.2. The lowest BCUT2D eigenvalue weighted by molar-refractivity contribution is -0.126. The lowest BCUT2D eigenvalue weighted by atomic mass is 9.96. The number of carbonyl (C=O) groups excluding carboxylic acids is 1. The molecule has 8 nitrogen and oxygen atoms in total. The third-order valence-electron chi connectivity index (χ3n) is 6.53. The highest BCUT2D eigenvalue weighted by Crippen LogP contribution is 2.30. The van der Waals surface area contributed by atoms with Crippen LogP contribution in [0.3, 0.4) is 0 Å². The van der Waals surface area contributed by atoms with Gasteiger partial charge in [0, 0.05) is 43.2 Å². The van der Waals surface area contributed by atoms with Gasteiger partial charge in [-0.3, -0.25) is 9.69 Å². The number of benzene rings is 1. The third kappa shape index (κ3) is 4.70. The first kappa shape index (κ1) is 22.5. The van der Waals surface area contributed by atoms with Gasteiger partial charge < -0.3 is 15.0 Å². The highest BCUT2D eigenvalue weighted by molar-refractivity contribution is 7.90. The number of thiophene rings is 1. The van der Waals surface area contributed by atoms with E-state index in [1.54, 1.807) is 29.5 Å². The normalized spacial score (nSPS) is 23.6. The number of nitrogens with zero attached hydrogens (tertiary/aromatic N) is 3. The van der Waals surface area contributed by atoms with Crippen molar-refractivity contribution in [2.75, 3.05) is 45.9 Å². The summed E-state index contributed by atoms with van der Waals surface area (Å²) in [5.74, 6) is 0.280. The van der Waals surface area contributed by atoms with E-state index in [9.17, 15) is 13.2 Å². The summed E-state index contributed by atoms with van der Waals surface area (Å²) in [4.78, 5) is 19.0. The van der Waals surface area contributed by atoms with Crippen molar-refractivity contribution in [3.8, 4) is 0 Å². The zero-order chi connectivity index (χ0) is 22.8. The van der Waals surface area contributed by atoms with E-state index in [-0.39, 0.29) is 22.8 Å². The maximum atomic E-state index is 13.2. The van der Waals surface area contributed by atoms with Crippen molar-refractivity contribution in [3.63, 3.8) is 0 Å². The van der Waals surface area contributed by atoms with Crippen LogP contribution in [0.15, 0.2) is 51.1 Å². The fourth-order valence-corrected chi connectivity index (χ4v) is 6.91. The Hall–Kier alpha value is -2.27. The quantitative estimate of drug-likeness (QED) is 0.693. The van der Waals surface area contributed by atoms with Crippen LogP contribution < -0.4 is 5.32 Å². The zero-order valence-electron chi connectivity index (χ0n) is 18.4. The molecule has 2 fully saturated rings. The Bertz CT molecular complexity index is 1130. The number of morpholine rings is 1. The molecule has 1 amide bonds. The van der Waals surface area contributed by atoms with E-state index in [4.69, 9.17) is 4.74 Å². The van der Waals surface area contributed by atoms with E-state index in [1.165, 1.54) is 4.88 Å². The molecule has 10 heteroatoms. The monoisotopic (exact) mass is 488 g/mol. The highest BCUT2D eigenvalue weighted by Gasteiger charge is 2.35. The summed E-state index contributed by atoms with van der Waals surface area (Å²) >= 11 is 1.71. The Balaban J connectivity index is 1.26. The number of fused-ring (bicyclic) bond motifs is 1. The zero-order valence-corrected chi connectivity index (χ0v) is 20.0. The Morgan fingerprint density at radius 2 is 2.00 bits per heavy atom. The average molecular weight is 489 g/mol. The molecule has 4 heterocycles. The van der Waals surface area contributed by atoms with Crippen LogP contribution in [0, 0.1) is 5.92 Å². The van der Waals surface area contributed by atoms with Gasteiger partial charge in [-0.15, -0.1) is 15.7 Å². The van der Waals surface area contributed by atoms with Crippen molar-refractivity contribution in [1.82, 2.24) is 15.1 Å². The van der Waals surface area contributed by atoms with E-state index in [0.717, 1.165) is 25.9 Å². The second-order valence-electron chi connectivity index (χ2n) is 8.60. The Labute approximate surface area is 198 Å². The summed E-state index contributed by atoms with van der Waals surface area (Å²) in [7, 11) is -3.67. The Kier molecular flexibility index (Phi) is 6.51. The first-order chi connectivity index (χ1) is 16.0. The predicted molar refractivity (Wildman–Crippen MR) is 127 cm³/mol. The number of hydrogen-bond donors (Lipinski definition) is 1. The summed E-state index contributed by atoms with van der Waals surface area (Å²) in [5, 5.41) is 5.25. The first-order valence-electron chi connectivity index (χ1n) is 11.3. The van der Waals surface area contributed by atoms with Gasteiger partial charge in [-0.05, 0) is 36.4 Å². The van der Waals surface area contributed by atoms with Gasteiger partial charge in [0.2, 0.25) is 5.91 Å². The molecule has 0 aliphatic carbocycles. The van der Waals surface area contributed by atoms with Gasteiger partial charge in [-0.25, -0.2) is 0 Å². The second kappa shape index (κ2) is 9.54. The minimum Gasteiger partial charge on any atom is -0.379 e. The summed E-state index contributed by atoms with van der Waals surface area (Å²) in [6.07, 6.45) is 1.60. The lowest BCUT2D eigenvalue weighted by Crippen LogP contribution is -2.48. The molecular weight excluding hydrogens is 460 g/mol.